The molecule has 1 fully saturated rings. The Bertz CT molecular complexity index is 756. The first-order chi connectivity index (χ1) is 13.6. The maximum atomic E-state index is 12.6. The van der Waals surface area contributed by atoms with Crippen LogP contribution in [0.4, 0.5) is 5.69 Å². The molecule has 0 bridgehead atoms. The van der Waals surface area contributed by atoms with E-state index in [2.05, 4.69) is 5.32 Å². The molecule has 1 saturated heterocycles. The van der Waals surface area contributed by atoms with Crippen molar-refractivity contribution in [2.24, 2.45) is 5.92 Å². The summed E-state index contributed by atoms with van der Waals surface area (Å²) in [5, 5.41) is 2.93. The fraction of sp³-hybridized carbons (Fsp3) is 0.391. The Balaban J connectivity index is 1.38. The molecule has 1 aliphatic rings. The van der Waals surface area contributed by atoms with E-state index >= 15 is 0 Å². The van der Waals surface area contributed by atoms with Gasteiger partial charge in [-0.2, -0.15) is 0 Å². The summed E-state index contributed by atoms with van der Waals surface area (Å²) in [6.45, 7) is 3.26. The fourth-order valence-corrected chi connectivity index (χ4v) is 3.53. The summed E-state index contributed by atoms with van der Waals surface area (Å²) < 4.78 is 5.75. The summed E-state index contributed by atoms with van der Waals surface area (Å²) in [6.07, 6.45) is 2.75. The van der Waals surface area contributed by atoms with Gasteiger partial charge >= 0.3 is 0 Å². The number of amides is 2. The Hall–Kier alpha value is -2.82. The van der Waals surface area contributed by atoms with Crippen molar-refractivity contribution in [1.82, 2.24) is 4.90 Å². The number of nitrogens with zero attached hydrogens (tertiary/aromatic N) is 1. The van der Waals surface area contributed by atoms with Crippen molar-refractivity contribution >= 4 is 17.5 Å². The molecule has 0 spiro atoms. The lowest BCUT2D eigenvalue weighted by Gasteiger charge is -2.33. The SMILES string of the molecule is C[C@H](Oc1ccccc1)C(=O)N1CCC(CCC(=O)Nc2ccccc2)CC1. The molecule has 0 aliphatic carbocycles. The predicted molar refractivity (Wildman–Crippen MR) is 110 cm³/mol. The largest absolute Gasteiger partial charge is 0.481 e. The minimum atomic E-state index is -0.490. The zero-order valence-electron chi connectivity index (χ0n) is 16.3. The van der Waals surface area contributed by atoms with Crippen molar-refractivity contribution in [1.29, 1.82) is 0 Å². The Labute approximate surface area is 166 Å². The number of carbonyl (C=O) groups excluding carboxylic acids is 2. The Morgan fingerprint density at radius 1 is 1.04 bits per heavy atom. The summed E-state index contributed by atoms with van der Waals surface area (Å²) in [6, 6.07) is 18.9. The van der Waals surface area contributed by atoms with E-state index < -0.39 is 6.10 Å². The lowest BCUT2D eigenvalue weighted by Crippen LogP contribution is -2.44. The second kappa shape index (κ2) is 9.93. The molecule has 1 heterocycles. The number of para-hydroxylation sites is 2. The predicted octanol–water partition coefficient (Wildman–Crippen LogP) is 4.11. The number of hydrogen-bond donors (Lipinski definition) is 1. The van der Waals surface area contributed by atoms with Crippen LogP contribution >= 0.6 is 0 Å². The van der Waals surface area contributed by atoms with Crippen LogP contribution in [-0.2, 0) is 9.59 Å². The first-order valence-corrected chi connectivity index (χ1v) is 9.97. The van der Waals surface area contributed by atoms with Gasteiger partial charge in [0.15, 0.2) is 6.10 Å². The molecule has 2 aromatic rings. The lowest BCUT2D eigenvalue weighted by molar-refractivity contribution is -0.139. The van der Waals surface area contributed by atoms with E-state index in [-0.39, 0.29) is 11.8 Å². The number of anilines is 1. The van der Waals surface area contributed by atoms with Gasteiger partial charge in [-0.25, -0.2) is 0 Å². The van der Waals surface area contributed by atoms with E-state index in [1.807, 2.05) is 65.6 Å². The highest BCUT2D eigenvalue weighted by molar-refractivity contribution is 5.90. The van der Waals surface area contributed by atoms with E-state index in [9.17, 15) is 9.59 Å². The number of hydrogen-bond acceptors (Lipinski definition) is 3. The molecule has 28 heavy (non-hydrogen) atoms. The number of rotatable bonds is 7. The van der Waals surface area contributed by atoms with Crippen LogP contribution < -0.4 is 10.1 Å². The lowest BCUT2D eigenvalue weighted by atomic mass is 9.92. The Kier molecular flexibility index (Phi) is 7.06. The van der Waals surface area contributed by atoms with Crippen molar-refractivity contribution in [2.75, 3.05) is 18.4 Å². The molecular weight excluding hydrogens is 352 g/mol. The molecule has 0 aromatic heterocycles. The maximum absolute atomic E-state index is 12.6. The van der Waals surface area contributed by atoms with Crippen LogP contribution in [0.2, 0.25) is 0 Å². The van der Waals surface area contributed by atoms with Gasteiger partial charge < -0.3 is 15.0 Å². The molecule has 0 radical (unpaired) electrons. The van der Waals surface area contributed by atoms with E-state index in [1.165, 1.54) is 0 Å². The minimum absolute atomic E-state index is 0.0316. The number of piperidine rings is 1. The van der Waals surface area contributed by atoms with E-state index in [4.69, 9.17) is 4.74 Å². The van der Waals surface area contributed by atoms with Gasteiger partial charge in [0.1, 0.15) is 5.75 Å². The first-order valence-electron chi connectivity index (χ1n) is 9.97. The summed E-state index contributed by atoms with van der Waals surface area (Å²) in [5.41, 5.74) is 0.834. The van der Waals surface area contributed by atoms with Gasteiger partial charge in [-0.3, -0.25) is 9.59 Å². The Morgan fingerprint density at radius 2 is 1.64 bits per heavy atom. The molecule has 1 N–H and O–H groups in total. The van der Waals surface area contributed by atoms with Gasteiger partial charge in [0.2, 0.25) is 5.91 Å². The number of carbonyl (C=O) groups is 2. The maximum Gasteiger partial charge on any atom is 0.263 e. The van der Waals surface area contributed by atoms with Crippen molar-refractivity contribution in [3.8, 4) is 5.75 Å². The van der Waals surface area contributed by atoms with Crippen LogP contribution in [0.15, 0.2) is 60.7 Å². The van der Waals surface area contributed by atoms with E-state index in [0.29, 0.717) is 18.1 Å². The first kappa shape index (κ1) is 19.9. The zero-order chi connectivity index (χ0) is 19.8. The summed E-state index contributed by atoms with van der Waals surface area (Å²) in [5.74, 6) is 1.28. The zero-order valence-corrected chi connectivity index (χ0v) is 16.3. The van der Waals surface area contributed by atoms with Crippen LogP contribution in [0, 0.1) is 5.92 Å². The highest BCUT2D eigenvalue weighted by Crippen LogP contribution is 2.23. The van der Waals surface area contributed by atoms with Gasteiger partial charge in [-0.15, -0.1) is 0 Å². The van der Waals surface area contributed by atoms with Crippen LogP contribution in [-0.4, -0.2) is 35.9 Å². The van der Waals surface area contributed by atoms with Crippen LogP contribution in [0.1, 0.15) is 32.6 Å². The number of likely N-dealkylation sites (tertiary alicyclic amines) is 1. The molecule has 1 atom stereocenters. The number of ether oxygens (including phenoxy) is 1. The second-order valence-electron chi connectivity index (χ2n) is 7.29. The van der Waals surface area contributed by atoms with E-state index in [0.717, 1.165) is 38.0 Å². The third kappa shape index (κ3) is 5.84. The topological polar surface area (TPSA) is 58.6 Å². The smallest absolute Gasteiger partial charge is 0.263 e. The minimum Gasteiger partial charge on any atom is -0.481 e. The average molecular weight is 380 g/mol. The Morgan fingerprint density at radius 3 is 2.29 bits per heavy atom. The summed E-state index contributed by atoms with van der Waals surface area (Å²) in [7, 11) is 0. The quantitative estimate of drug-likeness (QED) is 0.786. The molecule has 2 aromatic carbocycles. The van der Waals surface area contributed by atoms with Crippen LogP contribution in [0.25, 0.3) is 0 Å². The highest BCUT2D eigenvalue weighted by Gasteiger charge is 2.27. The summed E-state index contributed by atoms with van der Waals surface area (Å²) in [4.78, 5) is 26.6. The van der Waals surface area contributed by atoms with Crippen LogP contribution in [0.5, 0.6) is 5.75 Å². The molecular formula is C23H28N2O3. The third-order valence-corrected chi connectivity index (χ3v) is 5.17. The van der Waals surface area contributed by atoms with Crippen LogP contribution in [0.3, 0.4) is 0 Å². The molecule has 0 unspecified atom stereocenters. The molecule has 5 nitrogen and oxygen atoms in total. The van der Waals surface area contributed by atoms with Gasteiger partial charge in [0.25, 0.3) is 5.91 Å². The fourth-order valence-electron chi connectivity index (χ4n) is 3.53. The van der Waals surface area contributed by atoms with Crippen molar-refractivity contribution in [3.63, 3.8) is 0 Å². The highest BCUT2D eigenvalue weighted by atomic mass is 16.5. The van der Waals surface area contributed by atoms with Crippen molar-refractivity contribution in [3.05, 3.63) is 60.7 Å². The van der Waals surface area contributed by atoms with E-state index in [1.54, 1.807) is 6.92 Å². The number of nitrogens with one attached hydrogen (secondary N) is 1. The monoisotopic (exact) mass is 380 g/mol. The van der Waals surface area contributed by atoms with Crippen molar-refractivity contribution in [2.45, 2.75) is 38.7 Å². The standard InChI is InChI=1S/C23H28N2O3/c1-18(28-21-10-6-3-7-11-21)23(27)25-16-14-19(15-17-25)12-13-22(26)24-20-8-4-2-5-9-20/h2-11,18-19H,12-17H2,1H3,(H,24,26)/t18-/m0/s1. The van der Waals surface area contributed by atoms with Gasteiger partial charge in [-0.1, -0.05) is 36.4 Å². The normalized spacial score (nSPS) is 15.7. The molecule has 5 heteroatoms. The van der Waals surface area contributed by atoms with Gasteiger partial charge in [0.05, 0.1) is 0 Å². The molecule has 148 valence electrons. The van der Waals surface area contributed by atoms with Gasteiger partial charge in [0, 0.05) is 25.2 Å². The van der Waals surface area contributed by atoms with Gasteiger partial charge in [-0.05, 0) is 56.4 Å². The summed E-state index contributed by atoms with van der Waals surface area (Å²) >= 11 is 0. The third-order valence-electron chi connectivity index (χ3n) is 5.17. The second-order valence-corrected chi connectivity index (χ2v) is 7.29. The molecule has 2 amide bonds. The molecule has 0 saturated carbocycles. The van der Waals surface area contributed by atoms with Crippen molar-refractivity contribution < 1.29 is 14.3 Å². The molecule has 3 rings (SSSR count). The molecule has 1 aliphatic heterocycles. The average Bonchev–Trinajstić information content (AvgIpc) is 2.73. The number of benzene rings is 2.